The van der Waals surface area contributed by atoms with E-state index in [0.717, 1.165) is 43.6 Å². The lowest BCUT2D eigenvalue weighted by molar-refractivity contribution is -0.132. The van der Waals surface area contributed by atoms with Gasteiger partial charge in [-0.25, -0.2) is 4.68 Å². The summed E-state index contributed by atoms with van der Waals surface area (Å²) >= 11 is 0. The van der Waals surface area contributed by atoms with Crippen molar-refractivity contribution in [1.82, 2.24) is 24.5 Å². The van der Waals surface area contributed by atoms with E-state index in [-0.39, 0.29) is 11.3 Å². The minimum atomic E-state index is -0.0706. The molecule has 1 saturated heterocycles. The quantitative estimate of drug-likeness (QED) is 0.606. The van der Waals surface area contributed by atoms with Crippen molar-refractivity contribution in [3.63, 3.8) is 0 Å². The van der Waals surface area contributed by atoms with Gasteiger partial charge in [-0.05, 0) is 31.2 Å². The van der Waals surface area contributed by atoms with Crippen LogP contribution in [-0.2, 0) is 17.8 Å². The number of carbonyl (C=O) groups is 1. The van der Waals surface area contributed by atoms with E-state index in [1.165, 1.54) is 6.42 Å². The summed E-state index contributed by atoms with van der Waals surface area (Å²) in [5.41, 5.74) is 2.28. The van der Waals surface area contributed by atoms with Gasteiger partial charge in [-0.3, -0.25) is 14.3 Å². The molecule has 156 valence electrons. The zero-order chi connectivity index (χ0) is 20.8. The largest absolute Gasteiger partial charge is 0.343 e. The highest BCUT2D eigenvalue weighted by molar-refractivity contribution is 5.76. The number of hydrogen-bond donors (Lipinski definition) is 0. The van der Waals surface area contributed by atoms with Crippen LogP contribution in [0, 0.1) is 0 Å². The molecule has 1 fully saturated rings. The summed E-state index contributed by atoms with van der Waals surface area (Å²) in [6, 6.07) is 11.4. The molecule has 0 aliphatic carbocycles. The molecule has 7 heteroatoms. The van der Waals surface area contributed by atoms with Crippen LogP contribution in [0.4, 0.5) is 0 Å². The van der Waals surface area contributed by atoms with Crippen LogP contribution in [0.25, 0.3) is 5.69 Å². The summed E-state index contributed by atoms with van der Waals surface area (Å²) in [6.45, 7) is 2.47. The number of aryl methyl sites for hydroxylation is 1. The van der Waals surface area contributed by atoms with E-state index in [2.05, 4.69) is 10.2 Å². The van der Waals surface area contributed by atoms with Gasteiger partial charge < -0.3 is 4.90 Å². The van der Waals surface area contributed by atoms with E-state index in [4.69, 9.17) is 0 Å². The maximum Gasteiger partial charge on any atom is 0.222 e. The van der Waals surface area contributed by atoms with Crippen LogP contribution < -0.4 is 5.43 Å². The van der Waals surface area contributed by atoms with Gasteiger partial charge in [0.15, 0.2) is 0 Å². The first-order valence-corrected chi connectivity index (χ1v) is 10.6. The molecule has 30 heavy (non-hydrogen) atoms. The Morgan fingerprint density at radius 3 is 2.63 bits per heavy atom. The summed E-state index contributed by atoms with van der Waals surface area (Å²) in [5, 5.41) is 8.90. The van der Waals surface area contributed by atoms with Crippen molar-refractivity contribution in [2.24, 2.45) is 0 Å². The van der Waals surface area contributed by atoms with Gasteiger partial charge >= 0.3 is 0 Å². The summed E-state index contributed by atoms with van der Waals surface area (Å²) in [6.07, 6.45) is 10.6. The highest BCUT2D eigenvalue weighted by Gasteiger charge is 2.16. The van der Waals surface area contributed by atoms with Crippen molar-refractivity contribution in [2.75, 3.05) is 13.1 Å². The molecule has 1 aromatic carbocycles. The minimum absolute atomic E-state index is 0.0706. The van der Waals surface area contributed by atoms with Crippen LogP contribution in [0.15, 0.2) is 59.8 Å². The maximum atomic E-state index is 12.3. The molecule has 0 unspecified atom stereocenters. The molecule has 0 bridgehead atoms. The van der Waals surface area contributed by atoms with Crippen LogP contribution in [0.2, 0.25) is 0 Å². The molecule has 4 rings (SSSR count). The number of piperidine rings is 1. The Labute approximate surface area is 175 Å². The molecule has 0 spiro atoms. The summed E-state index contributed by atoms with van der Waals surface area (Å²) in [7, 11) is 0. The lowest BCUT2D eigenvalue weighted by Crippen LogP contribution is -2.35. The summed E-state index contributed by atoms with van der Waals surface area (Å²) < 4.78 is 3.51. The molecule has 1 amide bonds. The van der Waals surface area contributed by atoms with Gasteiger partial charge in [-0.15, -0.1) is 0 Å². The van der Waals surface area contributed by atoms with Crippen LogP contribution in [0.1, 0.15) is 43.4 Å². The predicted octanol–water partition coefficient (Wildman–Crippen LogP) is 2.81. The topological polar surface area (TPSA) is 73.0 Å². The number of hydrogen-bond acceptors (Lipinski definition) is 4. The number of amides is 1. The second-order valence-electron chi connectivity index (χ2n) is 7.74. The van der Waals surface area contributed by atoms with E-state index in [1.807, 2.05) is 46.1 Å². The molecule has 2 aromatic heterocycles. The molecular formula is C23H27N5O2. The Balaban J connectivity index is 1.37. The maximum absolute atomic E-state index is 12.3. The van der Waals surface area contributed by atoms with Gasteiger partial charge in [0, 0.05) is 44.7 Å². The lowest BCUT2D eigenvalue weighted by atomic mass is 10.1. The second-order valence-corrected chi connectivity index (χ2v) is 7.74. The van der Waals surface area contributed by atoms with Crippen LogP contribution in [-0.4, -0.2) is 43.5 Å². The van der Waals surface area contributed by atoms with Gasteiger partial charge in [0.25, 0.3) is 0 Å². The van der Waals surface area contributed by atoms with Gasteiger partial charge in [-0.2, -0.15) is 10.2 Å². The van der Waals surface area contributed by atoms with Crippen molar-refractivity contribution in [3.05, 3.63) is 76.5 Å². The monoisotopic (exact) mass is 405 g/mol. The van der Waals surface area contributed by atoms with Crippen molar-refractivity contribution < 1.29 is 4.79 Å². The Morgan fingerprint density at radius 2 is 1.83 bits per heavy atom. The van der Waals surface area contributed by atoms with E-state index in [0.29, 0.717) is 25.1 Å². The number of aromatic nitrogens is 4. The van der Waals surface area contributed by atoms with Gasteiger partial charge in [0.05, 0.1) is 12.4 Å². The Bertz CT molecular complexity index is 1040. The van der Waals surface area contributed by atoms with Gasteiger partial charge in [0.2, 0.25) is 11.3 Å². The van der Waals surface area contributed by atoms with Crippen LogP contribution in [0.3, 0.4) is 0 Å². The lowest BCUT2D eigenvalue weighted by Gasteiger charge is -2.26. The molecular weight excluding hydrogens is 378 g/mol. The Morgan fingerprint density at radius 1 is 1.03 bits per heavy atom. The fourth-order valence-electron chi connectivity index (χ4n) is 3.79. The molecule has 1 aliphatic heterocycles. The SMILES string of the molecule is O=C(CCCn1cc(-n2ccc(=O)c(Cc3ccccc3)n2)cn1)N1CCCCC1. The third-order valence-electron chi connectivity index (χ3n) is 5.47. The molecule has 3 heterocycles. The molecule has 0 N–H and O–H groups in total. The zero-order valence-electron chi connectivity index (χ0n) is 17.1. The van der Waals surface area contributed by atoms with E-state index >= 15 is 0 Å². The zero-order valence-corrected chi connectivity index (χ0v) is 17.1. The van der Waals surface area contributed by atoms with E-state index in [9.17, 15) is 9.59 Å². The van der Waals surface area contributed by atoms with E-state index in [1.54, 1.807) is 23.1 Å². The fraction of sp³-hybridized carbons (Fsp3) is 0.391. The average Bonchev–Trinajstić information content (AvgIpc) is 3.25. The molecule has 7 nitrogen and oxygen atoms in total. The first-order chi connectivity index (χ1) is 14.7. The highest BCUT2D eigenvalue weighted by atomic mass is 16.2. The second kappa shape index (κ2) is 9.52. The third-order valence-corrected chi connectivity index (χ3v) is 5.47. The Kier molecular flexibility index (Phi) is 6.37. The van der Waals surface area contributed by atoms with Crippen molar-refractivity contribution in [2.45, 2.75) is 45.1 Å². The van der Waals surface area contributed by atoms with Crippen molar-refractivity contribution in [3.8, 4) is 5.69 Å². The predicted molar refractivity (Wildman–Crippen MR) is 115 cm³/mol. The summed E-state index contributed by atoms with van der Waals surface area (Å²) in [5.74, 6) is 0.245. The average molecular weight is 406 g/mol. The molecule has 0 radical (unpaired) electrons. The number of rotatable bonds is 7. The highest BCUT2D eigenvalue weighted by Crippen LogP contribution is 2.12. The van der Waals surface area contributed by atoms with Crippen LogP contribution in [0.5, 0.6) is 0 Å². The fourth-order valence-corrected chi connectivity index (χ4v) is 3.79. The molecule has 3 aromatic rings. The normalized spacial score (nSPS) is 14.1. The molecule has 1 aliphatic rings. The smallest absolute Gasteiger partial charge is 0.222 e. The van der Waals surface area contributed by atoms with E-state index < -0.39 is 0 Å². The number of likely N-dealkylation sites (tertiary alicyclic amines) is 1. The first kappa shape index (κ1) is 20.1. The van der Waals surface area contributed by atoms with Crippen molar-refractivity contribution >= 4 is 5.91 Å². The first-order valence-electron chi connectivity index (χ1n) is 10.6. The van der Waals surface area contributed by atoms with Gasteiger partial charge in [-0.1, -0.05) is 30.3 Å². The van der Waals surface area contributed by atoms with Gasteiger partial charge in [0.1, 0.15) is 11.4 Å². The standard InChI is InChI=1S/C23H27N5O2/c29-22-11-15-28(25-21(22)16-19-8-3-1-4-9-19)20-17-24-27(18-20)14-7-10-23(30)26-12-5-2-6-13-26/h1,3-4,8-9,11,15,17-18H,2,5-7,10,12-14,16H2. The number of nitrogens with zero attached hydrogens (tertiary/aromatic N) is 5. The minimum Gasteiger partial charge on any atom is -0.343 e. The molecule has 0 atom stereocenters. The third kappa shape index (κ3) is 5.03. The van der Waals surface area contributed by atoms with Crippen LogP contribution >= 0.6 is 0 Å². The molecule has 0 saturated carbocycles. The number of benzene rings is 1. The number of carbonyl (C=O) groups excluding carboxylic acids is 1. The summed E-state index contributed by atoms with van der Waals surface area (Å²) in [4.78, 5) is 26.5. The Hall–Kier alpha value is -3.22. The van der Waals surface area contributed by atoms with Crippen molar-refractivity contribution in [1.29, 1.82) is 0 Å².